The van der Waals surface area contributed by atoms with E-state index in [1.165, 1.54) is 58.6 Å². The smallest absolute Gasteiger partial charge is 0.339 e. The lowest BCUT2D eigenvalue weighted by Gasteiger charge is -2.16. The van der Waals surface area contributed by atoms with Gasteiger partial charge in [-0.2, -0.15) is 5.26 Å². The third-order valence-electron chi connectivity index (χ3n) is 3.91. The molecule has 0 saturated carbocycles. The molecule has 9 heteroatoms. The van der Waals surface area contributed by atoms with Crippen molar-refractivity contribution in [2.45, 2.75) is 13.0 Å². The molecule has 2 aromatic rings. The van der Waals surface area contributed by atoms with Crippen molar-refractivity contribution in [2.24, 2.45) is 0 Å². The van der Waals surface area contributed by atoms with Crippen molar-refractivity contribution in [3.63, 3.8) is 0 Å². The highest BCUT2D eigenvalue weighted by Gasteiger charge is 2.22. The fourth-order valence-corrected chi connectivity index (χ4v) is 2.63. The maximum atomic E-state index is 12.5. The number of hydrogen-bond donors (Lipinski definition) is 1. The van der Waals surface area contributed by atoms with Gasteiger partial charge in [-0.3, -0.25) is 4.79 Å². The van der Waals surface area contributed by atoms with Crippen molar-refractivity contribution in [1.29, 1.82) is 5.26 Å². The number of benzene rings is 2. The van der Waals surface area contributed by atoms with Crippen molar-refractivity contribution in [3.05, 3.63) is 46.5 Å². The molecule has 0 heterocycles. The Kier molecular flexibility index (Phi) is 7.28. The van der Waals surface area contributed by atoms with E-state index in [1.807, 2.05) is 6.07 Å². The molecule has 0 spiro atoms. The molecule has 1 atom stereocenters. The summed E-state index contributed by atoms with van der Waals surface area (Å²) in [7, 11) is 4.29. The van der Waals surface area contributed by atoms with Gasteiger partial charge in [-0.05, 0) is 37.3 Å². The highest BCUT2D eigenvalue weighted by Crippen LogP contribution is 2.38. The zero-order valence-corrected chi connectivity index (χ0v) is 17.0. The molecule has 152 valence electrons. The molecular weight excluding hydrogens is 400 g/mol. The molecule has 29 heavy (non-hydrogen) atoms. The molecule has 0 bridgehead atoms. The van der Waals surface area contributed by atoms with Crippen molar-refractivity contribution in [2.75, 3.05) is 26.6 Å². The lowest BCUT2D eigenvalue weighted by Crippen LogP contribution is -2.30. The van der Waals surface area contributed by atoms with Crippen LogP contribution in [0.2, 0.25) is 5.02 Å². The van der Waals surface area contributed by atoms with Crippen LogP contribution in [-0.2, 0) is 9.53 Å². The number of esters is 1. The van der Waals surface area contributed by atoms with Gasteiger partial charge in [-0.25, -0.2) is 4.79 Å². The summed E-state index contributed by atoms with van der Waals surface area (Å²) in [6.45, 7) is 1.43. The first-order chi connectivity index (χ1) is 13.8. The fourth-order valence-electron chi connectivity index (χ4n) is 2.41. The number of nitrogens with zero attached hydrogens (tertiary/aromatic N) is 1. The number of hydrogen-bond acceptors (Lipinski definition) is 7. The Balaban J connectivity index is 2.13. The molecule has 0 saturated heterocycles. The van der Waals surface area contributed by atoms with Crippen LogP contribution in [0.3, 0.4) is 0 Å². The van der Waals surface area contributed by atoms with Gasteiger partial charge in [0.1, 0.15) is 6.07 Å². The lowest BCUT2D eigenvalue weighted by molar-refractivity contribution is -0.123. The number of ether oxygens (including phenoxy) is 4. The van der Waals surface area contributed by atoms with E-state index in [1.54, 1.807) is 0 Å². The van der Waals surface area contributed by atoms with E-state index in [2.05, 4.69) is 5.32 Å². The molecule has 0 radical (unpaired) electrons. The second-order valence-electron chi connectivity index (χ2n) is 5.76. The van der Waals surface area contributed by atoms with Crippen LogP contribution in [0.4, 0.5) is 5.69 Å². The van der Waals surface area contributed by atoms with Gasteiger partial charge in [0.25, 0.3) is 5.91 Å². The summed E-state index contributed by atoms with van der Waals surface area (Å²) >= 11 is 5.95. The van der Waals surface area contributed by atoms with Crippen molar-refractivity contribution >= 4 is 29.2 Å². The Morgan fingerprint density at radius 2 is 1.69 bits per heavy atom. The summed E-state index contributed by atoms with van der Waals surface area (Å²) in [6, 6.07) is 9.21. The number of rotatable bonds is 7. The first-order valence-electron chi connectivity index (χ1n) is 8.36. The third kappa shape index (κ3) is 5.09. The summed E-state index contributed by atoms with van der Waals surface area (Å²) in [5, 5.41) is 11.7. The minimum Gasteiger partial charge on any atom is -0.493 e. The number of carbonyl (C=O) groups excluding carboxylic acids is 2. The number of amides is 1. The van der Waals surface area contributed by atoms with Crippen LogP contribution in [0.25, 0.3) is 0 Å². The van der Waals surface area contributed by atoms with Crippen molar-refractivity contribution < 1.29 is 28.5 Å². The Hall–Kier alpha value is -3.44. The average Bonchev–Trinajstić information content (AvgIpc) is 2.72. The Bertz CT molecular complexity index is 945. The molecule has 0 aromatic heterocycles. The SMILES string of the molecule is COc1cc(C(=O)OC(C)C(=O)Nc2ccc(C#N)c(Cl)c2)cc(OC)c1OC. The average molecular weight is 419 g/mol. The number of nitrogens with one attached hydrogen (secondary N) is 1. The van der Waals surface area contributed by atoms with Crippen LogP contribution in [0.5, 0.6) is 17.2 Å². The van der Waals surface area contributed by atoms with E-state index in [0.717, 1.165) is 0 Å². The van der Waals surface area contributed by atoms with Crippen LogP contribution in [0, 0.1) is 11.3 Å². The maximum Gasteiger partial charge on any atom is 0.339 e. The van der Waals surface area contributed by atoms with E-state index in [-0.39, 0.29) is 27.6 Å². The molecular formula is C20H19ClN2O6. The largest absolute Gasteiger partial charge is 0.493 e. The quantitative estimate of drug-likeness (QED) is 0.686. The first-order valence-corrected chi connectivity index (χ1v) is 8.73. The Labute approximate surface area is 172 Å². The van der Waals surface area contributed by atoms with Gasteiger partial charge < -0.3 is 24.3 Å². The molecule has 2 rings (SSSR count). The summed E-state index contributed by atoms with van der Waals surface area (Å²) in [4.78, 5) is 24.8. The summed E-state index contributed by atoms with van der Waals surface area (Å²) < 4.78 is 20.8. The van der Waals surface area contributed by atoms with Gasteiger partial charge in [0, 0.05) is 5.69 Å². The number of nitriles is 1. The monoisotopic (exact) mass is 418 g/mol. The molecule has 0 aliphatic carbocycles. The minimum absolute atomic E-state index is 0.126. The standard InChI is InChI=1S/C20H19ClN2O6/c1-11(19(24)23-14-6-5-12(10-22)15(21)9-14)29-20(25)13-7-16(26-2)18(28-4)17(8-13)27-3/h5-9,11H,1-4H3,(H,23,24). The molecule has 1 amide bonds. The maximum absolute atomic E-state index is 12.5. The topological polar surface area (TPSA) is 107 Å². The first kappa shape index (κ1) is 21.9. The van der Waals surface area contributed by atoms with Crippen LogP contribution in [-0.4, -0.2) is 39.3 Å². The summed E-state index contributed by atoms with van der Waals surface area (Å²) in [5.74, 6) is -0.419. The van der Waals surface area contributed by atoms with Crippen molar-refractivity contribution in [3.8, 4) is 23.3 Å². The van der Waals surface area contributed by atoms with E-state index >= 15 is 0 Å². The molecule has 8 nitrogen and oxygen atoms in total. The zero-order valence-electron chi connectivity index (χ0n) is 16.2. The van der Waals surface area contributed by atoms with Gasteiger partial charge >= 0.3 is 5.97 Å². The van der Waals surface area contributed by atoms with E-state index in [0.29, 0.717) is 11.4 Å². The molecule has 0 aliphatic heterocycles. The van der Waals surface area contributed by atoms with E-state index < -0.39 is 18.0 Å². The van der Waals surface area contributed by atoms with E-state index in [4.69, 9.17) is 35.8 Å². The normalized spacial score (nSPS) is 11.0. The van der Waals surface area contributed by atoms with Gasteiger partial charge in [0.15, 0.2) is 17.6 Å². The van der Waals surface area contributed by atoms with Crippen LogP contribution in [0.1, 0.15) is 22.8 Å². The second kappa shape index (κ2) is 9.66. The number of carbonyl (C=O) groups is 2. The van der Waals surface area contributed by atoms with E-state index in [9.17, 15) is 9.59 Å². The fraction of sp³-hybridized carbons (Fsp3) is 0.250. The summed E-state index contributed by atoms with van der Waals surface area (Å²) in [6.07, 6.45) is -1.10. The van der Waals surface area contributed by atoms with Crippen LogP contribution in [0.15, 0.2) is 30.3 Å². The minimum atomic E-state index is -1.10. The molecule has 2 aromatic carbocycles. The van der Waals surface area contributed by atoms with Gasteiger partial charge in [-0.15, -0.1) is 0 Å². The summed E-state index contributed by atoms with van der Waals surface area (Å²) in [5.41, 5.74) is 0.779. The lowest BCUT2D eigenvalue weighted by atomic mass is 10.2. The molecule has 0 fully saturated rings. The number of anilines is 1. The highest BCUT2D eigenvalue weighted by molar-refractivity contribution is 6.32. The molecule has 1 N–H and O–H groups in total. The highest BCUT2D eigenvalue weighted by atomic mass is 35.5. The van der Waals surface area contributed by atoms with Crippen molar-refractivity contribution in [1.82, 2.24) is 0 Å². The third-order valence-corrected chi connectivity index (χ3v) is 4.22. The Morgan fingerprint density at radius 1 is 1.07 bits per heavy atom. The van der Waals surface area contributed by atoms with Crippen LogP contribution < -0.4 is 19.5 Å². The predicted octanol–water partition coefficient (Wildman–Crippen LogP) is 3.42. The molecule has 0 aliphatic rings. The van der Waals surface area contributed by atoms with Gasteiger partial charge in [0.2, 0.25) is 5.75 Å². The molecule has 1 unspecified atom stereocenters. The van der Waals surface area contributed by atoms with Gasteiger partial charge in [0.05, 0.1) is 37.5 Å². The second-order valence-corrected chi connectivity index (χ2v) is 6.16. The van der Waals surface area contributed by atoms with Crippen LogP contribution >= 0.6 is 11.6 Å². The Morgan fingerprint density at radius 3 is 2.17 bits per heavy atom. The zero-order chi connectivity index (χ0) is 21.6. The number of methoxy groups -OCH3 is 3. The predicted molar refractivity (Wildman–Crippen MR) is 106 cm³/mol. The van der Waals surface area contributed by atoms with Gasteiger partial charge in [-0.1, -0.05) is 11.6 Å². The number of halogens is 1.